The van der Waals surface area contributed by atoms with E-state index in [4.69, 9.17) is 14.2 Å². The maximum absolute atomic E-state index is 12.6. The molecular formula is C23H19N5O5S. The zero-order chi connectivity index (χ0) is 23.5. The fourth-order valence-electron chi connectivity index (χ4n) is 3.34. The summed E-state index contributed by atoms with van der Waals surface area (Å²) in [5.41, 5.74) is 1.73. The van der Waals surface area contributed by atoms with Gasteiger partial charge in [-0.25, -0.2) is 4.68 Å². The van der Waals surface area contributed by atoms with Crippen LogP contribution in [-0.2, 0) is 11.3 Å². The number of nitrogens with zero attached hydrogens (tertiary/aromatic N) is 4. The van der Waals surface area contributed by atoms with Crippen molar-refractivity contribution in [1.29, 1.82) is 0 Å². The maximum atomic E-state index is 12.6. The molecule has 172 valence electrons. The Labute approximate surface area is 197 Å². The summed E-state index contributed by atoms with van der Waals surface area (Å²) >= 11 is 1.23. The monoisotopic (exact) mass is 477 g/mol. The molecule has 0 bridgehead atoms. The third-order valence-electron chi connectivity index (χ3n) is 5.01. The smallest absolute Gasteiger partial charge is 0.267 e. The van der Waals surface area contributed by atoms with Crippen LogP contribution in [0.2, 0.25) is 0 Å². The number of rotatable bonds is 6. The minimum Gasteiger partial charge on any atom is -0.497 e. The zero-order valence-corrected chi connectivity index (χ0v) is 18.9. The van der Waals surface area contributed by atoms with Gasteiger partial charge in [0, 0.05) is 17.2 Å². The molecule has 1 aliphatic rings. The van der Waals surface area contributed by atoms with E-state index in [9.17, 15) is 9.59 Å². The molecule has 0 fully saturated rings. The summed E-state index contributed by atoms with van der Waals surface area (Å²) in [7, 11) is 1.60. The molecule has 10 nitrogen and oxygen atoms in total. The molecule has 3 heterocycles. The Morgan fingerprint density at radius 1 is 1.03 bits per heavy atom. The molecule has 0 atom stereocenters. The van der Waals surface area contributed by atoms with E-state index in [0.29, 0.717) is 40.5 Å². The fourth-order valence-corrected chi connectivity index (χ4v) is 4.10. The average Bonchev–Trinajstić information content (AvgIpc) is 3.33. The first-order valence-electron chi connectivity index (χ1n) is 10.3. The molecule has 0 radical (unpaired) electrons. The van der Waals surface area contributed by atoms with Crippen LogP contribution in [-0.4, -0.2) is 46.2 Å². The maximum Gasteiger partial charge on any atom is 0.267 e. The lowest BCUT2D eigenvalue weighted by atomic mass is 10.1. The second-order valence-corrected chi connectivity index (χ2v) is 8.24. The number of ether oxygens (including phenoxy) is 3. The first-order chi connectivity index (χ1) is 16.6. The highest BCUT2D eigenvalue weighted by Gasteiger charge is 2.15. The second kappa shape index (κ2) is 9.32. The number of hydrogen-bond donors (Lipinski definition) is 1. The number of aromatic nitrogens is 4. The Bertz CT molecular complexity index is 1400. The van der Waals surface area contributed by atoms with Gasteiger partial charge in [-0.05, 0) is 48.5 Å². The van der Waals surface area contributed by atoms with Gasteiger partial charge in [0.25, 0.3) is 5.56 Å². The van der Waals surface area contributed by atoms with Crippen molar-refractivity contribution in [2.24, 2.45) is 0 Å². The molecule has 1 aliphatic heterocycles. The standard InChI is InChI=1S/C23H19N5O5S/c1-31-16-5-2-14(3-6-16)22-25-26-23(34-22)24-20(29)13-28-21(30)9-7-17(27-28)15-4-8-18-19(12-15)33-11-10-32-18/h2-9,12H,10-11,13H2,1H3,(H,24,26,29). The number of methoxy groups -OCH3 is 1. The molecule has 0 aliphatic carbocycles. The van der Waals surface area contributed by atoms with Crippen LogP contribution in [0.25, 0.3) is 21.8 Å². The summed E-state index contributed by atoms with van der Waals surface area (Å²) in [4.78, 5) is 24.9. The van der Waals surface area contributed by atoms with E-state index in [0.717, 1.165) is 21.6 Å². The van der Waals surface area contributed by atoms with Crippen LogP contribution in [0.15, 0.2) is 59.4 Å². The van der Waals surface area contributed by atoms with E-state index in [-0.39, 0.29) is 6.54 Å². The van der Waals surface area contributed by atoms with Crippen LogP contribution in [0, 0.1) is 0 Å². The van der Waals surface area contributed by atoms with Crippen LogP contribution in [0.3, 0.4) is 0 Å². The van der Waals surface area contributed by atoms with Crippen molar-refractivity contribution in [3.63, 3.8) is 0 Å². The van der Waals surface area contributed by atoms with E-state index in [2.05, 4.69) is 20.6 Å². The van der Waals surface area contributed by atoms with Crippen molar-refractivity contribution < 1.29 is 19.0 Å². The zero-order valence-electron chi connectivity index (χ0n) is 18.1. The summed E-state index contributed by atoms with van der Waals surface area (Å²) in [6.45, 7) is 0.699. The second-order valence-electron chi connectivity index (χ2n) is 7.26. The molecule has 0 spiro atoms. The van der Waals surface area contributed by atoms with Gasteiger partial charge in [-0.1, -0.05) is 11.3 Å². The van der Waals surface area contributed by atoms with Gasteiger partial charge in [-0.2, -0.15) is 5.10 Å². The van der Waals surface area contributed by atoms with E-state index in [1.54, 1.807) is 25.3 Å². The van der Waals surface area contributed by atoms with E-state index in [1.165, 1.54) is 17.4 Å². The van der Waals surface area contributed by atoms with Gasteiger partial charge in [0.15, 0.2) is 11.5 Å². The molecule has 5 rings (SSSR count). The van der Waals surface area contributed by atoms with Crippen LogP contribution < -0.4 is 25.1 Å². The Kier molecular flexibility index (Phi) is 5.91. The van der Waals surface area contributed by atoms with Gasteiger partial charge < -0.3 is 14.2 Å². The highest BCUT2D eigenvalue weighted by atomic mass is 32.1. The third-order valence-corrected chi connectivity index (χ3v) is 5.89. The molecule has 0 saturated carbocycles. The molecule has 1 N–H and O–H groups in total. The van der Waals surface area contributed by atoms with Crippen molar-refractivity contribution in [3.8, 4) is 39.1 Å². The first kappa shape index (κ1) is 21.6. The van der Waals surface area contributed by atoms with Gasteiger partial charge in [-0.3, -0.25) is 14.9 Å². The number of nitrogens with one attached hydrogen (secondary N) is 1. The van der Waals surface area contributed by atoms with E-state index >= 15 is 0 Å². The number of hydrogen-bond acceptors (Lipinski definition) is 9. The van der Waals surface area contributed by atoms with Crippen LogP contribution in [0.1, 0.15) is 0 Å². The van der Waals surface area contributed by atoms with Crippen molar-refractivity contribution >= 4 is 22.4 Å². The summed E-state index contributed by atoms with van der Waals surface area (Å²) in [5, 5.41) is 16.1. The molecule has 4 aromatic rings. The molecule has 34 heavy (non-hydrogen) atoms. The number of anilines is 1. The van der Waals surface area contributed by atoms with Gasteiger partial charge in [0.2, 0.25) is 11.0 Å². The predicted molar refractivity (Wildman–Crippen MR) is 125 cm³/mol. The van der Waals surface area contributed by atoms with Crippen LogP contribution in [0.4, 0.5) is 5.13 Å². The number of carbonyl (C=O) groups is 1. The van der Waals surface area contributed by atoms with Crippen molar-refractivity contribution in [3.05, 3.63) is 65.0 Å². The molecule has 0 unspecified atom stereocenters. The molecule has 1 amide bonds. The summed E-state index contributed by atoms with van der Waals surface area (Å²) in [5.74, 6) is 1.57. The molecular weight excluding hydrogens is 458 g/mol. The topological polar surface area (TPSA) is 117 Å². The summed E-state index contributed by atoms with van der Waals surface area (Å²) < 4.78 is 17.4. The first-order valence-corrected chi connectivity index (χ1v) is 11.2. The molecule has 2 aromatic carbocycles. The number of amides is 1. The Morgan fingerprint density at radius 2 is 1.79 bits per heavy atom. The lowest BCUT2D eigenvalue weighted by molar-refractivity contribution is -0.117. The highest BCUT2D eigenvalue weighted by molar-refractivity contribution is 7.18. The lowest BCUT2D eigenvalue weighted by Crippen LogP contribution is -2.29. The molecule has 2 aromatic heterocycles. The minimum atomic E-state index is -0.439. The van der Waals surface area contributed by atoms with E-state index in [1.807, 2.05) is 30.3 Å². The number of carbonyl (C=O) groups excluding carboxylic acids is 1. The summed E-state index contributed by atoms with van der Waals surface area (Å²) in [6, 6.07) is 15.8. The van der Waals surface area contributed by atoms with Crippen LogP contribution >= 0.6 is 11.3 Å². The fraction of sp³-hybridized carbons (Fsp3) is 0.174. The molecule has 0 saturated heterocycles. The molecule has 11 heteroatoms. The Morgan fingerprint density at radius 3 is 2.59 bits per heavy atom. The summed E-state index contributed by atoms with van der Waals surface area (Å²) in [6.07, 6.45) is 0. The van der Waals surface area contributed by atoms with Crippen molar-refractivity contribution in [2.75, 3.05) is 25.6 Å². The highest BCUT2D eigenvalue weighted by Crippen LogP contribution is 2.33. The minimum absolute atomic E-state index is 0.269. The quantitative estimate of drug-likeness (QED) is 0.451. The predicted octanol–water partition coefficient (Wildman–Crippen LogP) is 2.85. The van der Waals surface area contributed by atoms with Crippen molar-refractivity contribution in [1.82, 2.24) is 20.0 Å². The van der Waals surface area contributed by atoms with E-state index < -0.39 is 11.5 Å². The average molecular weight is 478 g/mol. The van der Waals surface area contributed by atoms with Gasteiger partial charge >= 0.3 is 0 Å². The lowest BCUT2D eigenvalue weighted by Gasteiger charge is -2.18. The van der Waals surface area contributed by atoms with Gasteiger partial charge in [0.1, 0.15) is 30.5 Å². The Balaban J connectivity index is 1.29. The normalized spacial score (nSPS) is 12.3. The third kappa shape index (κ3) is 4.59. The number of fused-ring (bicyclic) bond motifs is 1. The van der Waals surface area contributed by atoms with Crippen LogP contribution in [0.5, 0.6) is 17.2 Å². The number of benzene rings is 2. The SMILES string of the molecule is COc1ccc(-c2nnc(NC(=O)Cn3nc(-c4ccc5c(c4)OCCO5)ccc3=O)s2)cc1. The Hall–Kier alpha value is -4.25. The van der Waals surface area contributed by atoms with Crippen molar-refractivity contribution in [2.45, 2.75) is 6.54 Å². The van der Waals surface area contributed by atoms with Gasteiger partial charge in [-0.15, -0.1) is 10.2 Å². The largest absolute Gasteiger partial charge is 0.497 e. The van der Waals surface area contributed by atoms with Gasteiger partial charge in [0.05, 0.1) is 12.8 Å².